The van der Waals surface area contributed by atoms with Gasteiger partial charge in [0.2, 0.25) is 0 Å². The summed E-state index contributed by atoms with van der Waals surface area (Å²) in [5, 5.41) is 18.3. The van der Waals surface area contributed by atoms with Crippen LogP contribution in [-0.4, -0.2) is 53.6 Å². The SMILES string of the molecule is CC(C)(C)O.COCc1nc(C)c(CC(=O)O)c(N2CCC(C)(C)CC2)c1-c1ccc(OCCc2ccc(F)cc2)cc1. The molecule has 0 radical (unpaired) electrons. The second kappa shape index (κ2) is 14.8. The van der Waals surface area contributed by atoms with Crippen molar-refractivity contribution in [3.8, 4) is 16.9 Å². The second-order valence-corrected chi connectivity index (χ2v) is 12.9. The minimum Gasteiger partial charge on any atom is -0.493 e. The van der Waals surface area contributed by atoms with E-state index in [1.807, 2.05) is 31.2 Å². The first-order valence-electron chi connectivity index (χ1n) is 14.8. The number of aliphatic hydroxyl groups is 1. The maximum absolute atomic E-state index is 13.1. The molecule has 7 nitrogen and oxygen atoms in total. The summed E-state index contributed by atoms with van der Waals surface area (Å²) in [7, 11) is 1.65. The molecule has 1 aliphatic rings. The number of carboxylic acids is 1. The first-order valence-corrected chi connectivity index (χ1v) is 14.8. The topological polar surface area (TPSA) is 92.1 Å². The van der Waals surface area contributed by atoms with E-state index in [0.717, 1.165) is 71.0 Å². The lowest BCUT2D eigenvalue weighted by atomic mass is 9.82. The van der Waals surface area contributed by atoms with E-state index in [-0.39, 0.29) is 17.7 Å². The van der Waals surface area contributed by atoms with Gasteiger partial charge in [-0.3, -0.25) is 9.78 Å². The molecule has 0 aliphatic carbocycles. The third-order valence-electron chi connectivity index (χ3n) is 7.31. The lowest BCUT2D eigenvalue weighted by Gasteiger charge is -2.40. The fraction of sp³-hybridized carbons (Fsp3) is 0.486. The molecule has 1 saturated heterocycles. The van der Waals surface area contributed by atoms with E-state index in [2.05, 4.69) is 18.7 Å². The number of aliphatic carboxylic acids is 1. The summed E-state index contributed by atoms with van der Waals surface area (Å²) < 4.78 is 24.6. The molecular weight excluding hydrogens is 547 g/mol. The number of pyridine rings is 1. The summed E-state index contributed by atoms with van der Waals surface area (Å²) >= 11 is 0. The van der Waals surface area contributed by atoms with E-state index in [1.165, 1.54) is 12.1 Å². The van der Waals surface area contributed by atoms with E-state index in [1.54, 1.807) is 40.0 Å². The lowest BCUT2D eigenvalue weighted by Crippen LogP contribution is -2.38. The van der Waals surface area contributed by atoms with Crippen molar-refractivity contribution in [2.45, 2.75) is 79.4 Å². The fourth-order valence-corrected chi connectivity index (χ4v) is 5.03. The van der Waals surface area contributed by atoms with Crippen LogP contribution in [0.2, 0.25) is 0 Å². The van der Waals surface area contributed by atoms with Gasteiger partial charge in [-0.1, -0.05) is 38.1 Å². The van der Waals surface area contributed by atoms with Crippen molar-refractivity contribution >= 4 is 11.7 Å². The van der Waals surface area contributed by atoms with Gasteiger partial charge in [0.25, 0.3) is 0 Å². The maximum Gasteiger partial charge on any atom is 0.307 e. The molecule has 1 aromatic heterocycles. The molecular formula is C35H47FN2O5. The summed E-state index contributed by atoms with van der Waals surface area (Å²) in [6.45, 7) is 14.2. The number of carbonyl (C=O) groups is 1. The van der Waals surface area contributed by atoms with Gasteiger partial charge in [0.15, 0.2) is 0 Å². The van der Waals surface area contributed by atoms with Crippen molar-refractivity contribution in [3.63, 3.8) is 0 Å². The van der Waals surface area contributed by atoms with Gasteiger partial charge in [0, 0.05) is 43.4 Å². The molecule has 0 amide bonds. The highest BCUT2D eigenvalue weighted by molar-refractivity contribution is 5.86. The van der Waals surface area contributed by atoms with Crippen molar-refractivity contribution < 1.29 is 28.9 Å². The zero-order chi connectivity index (χ0) is 31.8. The Kier molecular flexibility index (Phi) is 11.7. The van der Waals surface area contributed by atoms with Gasteiger partial charge in [-0.25, -0.2) is 4.39 Å². The van der Waals surface area contributed by atoms with Gasteiger partial charge < -0.3 is 24.6 Å². The zero-order valence-corrected chi connectivity index (χ0v) is 26.7. The minimum atomic E-state index is -0.871. The summed E-state index contributed by atoms with van der Waals surface area (Å²) in [5.74, 6) is -0.386. The van der Waals surface area contributed by atoms with E-state index >= 15 is 0 Å². The van der Waals surface area contributed by atoms with Crippen molar-refractivity contribution in [1.29, 1.82) is 0 Å². The highest BCUT2D eigenvalue weighted by Gasteiger charge is 2.30. The number of hydrogen-bond acceptors (Lipinski definition) is 6. The molecule has 2 N–H and O–H groups in total. The molecule has 0 atom stereocenters. The highest BCUT2D eigenvalue weighted by Crippen LogP contribution is 2.42. The van der Waals surface area contributed by atoms with E-state index < -0.39 is 11.6 Å². The van der Waals surface area contributed by atoms with Crippen molar-refractivity contribution in [2.24, 2.45) is 5.41 Å². The van der Waals surface area contributed by atoms with Crippen LogP contribution >= 0.6 is 0 Å². The van der Waals surface area contributed by atoms with Crippen LogP contribution in [0.1, 0.15) is 70.0 Å². The molecule has 0 saturated carbocycles. The number of nitrogens with zero attached hydrogens (tertiary/aromatic N) is 2. The number of carboxylic acid groups (broad SMARTS) is 1. The van der Waals surface area contributed by atoms with Crippen molar-refractivity contribution in [2.75, 3.05) is 31.7 Å². The predicted octanol–water partition coefficient (Wildman–Crippen LogP) is 6.99. The highest BCUT2D eigenvalue weighted by atomic mass is 19.1. The fourth-order valence-electron chi connectivity index (χ4n) is 5.03. The zero-order valence-electron chi connectivity index (χ0n) is 26.7. The number of rotatable bonds is 10. The van der Waals surface area contributed by atoms with Crippen LogP contribution in [0.25, 0.3) is 11.1 Å². The van der Waals surface area contributed by atoms with Crippen molar-refractivity contribution in [1.82, 2.24) is 4.98 Å². The minimum absolute atomic E-state index is 0.0844. The Hall–Kier alpha value is -3.49. The number of anilines is 1. The summed E-state index contributed by atoms with van der Waals surface area (Å²) in [6, 6.07) is 14.3. The number of piperidine rings is 1. The molecule has 8 heteroatoms. The van der Waals surface area contributed by atoms with Crippen LogP contribution in [0.3, 0.4) is 0 Å². The summed E-state index contributed by atoms with van der Waals surface area (Å²) in [5.41, 5.74) is 5.87. The van der Waals surface area contributed by atoms with Crippen LogP contribution in [0.5, 0.6) is 5.75 Å². The molecule has 4 rings (SSSR count). The Bertz CT molecular complexity index is 1330. The molecule has 43 heavy (non-hydrogen) atoms. The Morgan fingerprint density at radius 2 is 1.63 bits per heavy atom. The van der Waals surface area contributed by atoms with Gasteiger partial charge >= 0.3 is 5.97 Å². The van der Waals surface area contributed by atoms with Gasteiger partial charge in [-0.05, 0) is 81.3 Å². The van der Waals surface area contributed by atoms with Crippen LogP contribution in [-0.2, 0) is 29.0 Å². The maximum atomic E-state index is 13.1. The third-order valence-corrected chi connectivity index (χ3v) is 7.31. The number of hydrogen-bond donors (Lipinski definition) is 2. The first kappa shape index (κ1) is 34.0. The lowest BCUT2D eigenvalue weighted by molar-refractivity contribution is -0.136. The monoisotopic (exact) mass is 594 g/mol. The number of aryl methyl sites for hydroxylation is 1. The van der Waals surface area contributed by atoms with Crippen LogP contribution in [0, 0.1) is 18.2 Å². The van der Waals surface area contributed by atoms with Gasteiger partial charge in [-0.2, -0.15) is 0 Å². The number of methoxy groups -OCH3 is 1. The Morgan fingerprint density at radius 1 is 1.05 bits per heavy atom. The molecule has 234 valence electrons. The predicted molar refractivity (Wildman–Crippen MR) is 169 cm³/mol. The summed E-state index contributed by atoms with van der Waals surface area (Å²) in [6.07, 6.45) is 2.65. The van der Waals surface area contributed by atoms with Crippen molar-refractivity contribution in [3.05, 3.63) is 76.9 Å². The first-order chi connectivity index (χ1) is 20.2. The molecule has 1 aliphatic heterocycles. The third kappa shape index (κ3) is 10.6. The molecule has 2 aromatic carbocycles. The smallest absolute Gasteiger partial charge is 0.307 e. The Balaban J connectivity index is 0.000000934. The molecule has 0 unspecified atom stereocenters. The number of halogens is 1. The quantitative estimate of drug-likeness (QED) is 0.261. The Labute approximate surface area is 255 Å². The van der Waals surface area contributed by atoms with E-state index in [0.29, 0.717) is 19.6 Å². The molecule has 3 aromatic rings. The van der Waals surface area contributed by atoms with Crippen LogP contribution in [0.4, 0.5) is 10.1 Å². The molecule has 2 heterocycles. The Morgan fingerprint density at radius 3 is 2.16 bits per heavy atom. The molecule has 0 spiro atoms. The van der Waals surface area contributed by atoms with E-state index in [9.17, 15) is 14.3 Å². The second-order valence-electron chi connectivity index (χ2n) is 12.9. The standard InChI is InChI=1S/C31H37FN2O4.C4H10O/c1-21-26(19-28(35)36)30(34-16-14-31(2,3)15-17-34)29(27(33-21)20-37-4)23-7-11-25(12-8-23)38-18-13-22-5-9-24(32)10-6-22;1-4(2,3)5/h5-12H,13-20H2,1-4H3,(H,35,36);5H,1-3H3. The normalized spacial score (nSPS) is 14.6. The largest absolute Gasteiger partial charge is 0.493 e. The van der Waals surface area contributed by atoms with Gasteiger partial charge in [-0.15, -0.1) is 0 Å². The average Bonchev–Trinajstić information content (AvgIpc) is 2.91. The number of benzene rings is 2. The van der Waals surface area contributed by atoms with Crippen LogP contribution < -0.4 is 9.64 Å². The van der Waals surface area contributed by atoms with Gasteiger partial charge in [0.05, 0.1) is 36.6 Å². The van der Waals surface area contributed by atoms with Gasteiger partial charge in [0.1, 0.15) is 11.6 Å². The number of aromatic nitrogens is 1. The molecule has 0 bridgehead atoms. The average molecular weight is 595 g/mol. The van der Waals surface area contributed by atoms with E-state index in [4.69, 9.17) is 19.6 Å². The molecule has 1 fully saturated rings. The number of ether oxygens (including phenoxy) is 2. The van der Waals surface area contributed by atoms with Crippen LogP contribution in [0.15, 0.2) is 48.5 Å². The summed E-state index contributed by atoms with van der Waals surface area (Å²) in [4.78, 5) is 19.0.